The van der Waals surface area contributed by atoms with Gasteiger partial charge in [-0.2, -0.15) is 0 Å². The Balaban J connectivity index is 2.88. The van der Waals surface area contributed by atoms with Gasteiger partial charge in [-0.05, 0) is 43.5 Å². The van der Waals surface area contributed by atoms with Crippen LogP contribution in [0.15, 0.2) is 29.2 Å². The first-order valence-corrected chi connectivity index (χ1v) is 10.6. The van der Waals surface area contributed by atoms with Crippen molar-refractivity contribution in [3.8, 4) is 5.75 Å². The molecule has 25 heavy (non-hydrogen) atoms. The summed E-state index contributed by atoms with van der Waals surface area (Å²) in [6.07, 6.45) is 5.41. The van der Waals surface area contributed by atoms with Gasteiger partial charge in [-0.1, -0.05) is 46.5 Å². The molecule has 1 aromatic carbocycles. The normalized spacial score (nSPS) is 13.0. The van der Waals surface area contributed by atoms with E-state index in [1.54, 1.807) is 12.1 Å². The number of ether oxygens (including phenoxy) is 1. The summed E-state index contributed by atoms with van der Waals surface area (Å²) in [5, 5.41) is 7.97. The molecule has 1 aromatic rings. The van der Waals surface area contributed by atoms with Crippen molar-refractivity contribution in [1.29, 1.82) is 0 Å². The van der Waals surface area contributed by atoms with Gasteiger partial charge in [0, 0.05) is 0 Å². The lowest BCUT2D eigenvalue weighted by Gasteiger charge is -2.17. The average Bonchev–Trinajstić information content (AvgIpc) is 2.59. The average molecular weight is 371 g/mol. The molecule has 142 valence electrons. The van der Waals surface area contributed by atoms with Crippen LogP contribution in [0.3, 0.4) is 0 Å². The second-order valence-electron chi connectivity index (χ2n) is 6.25. The molecule has 0 heterocycles. The summed E-state index contributed by atoms with van der Waals surface area (Å²) >= 11 is 0. The third kappa shape index (κ3) is 6.34. The minimum atomic E-state index is -3.90. The van der Waals surface area contributed by atoms with Crippen LogP contribution < -0.4 is 4.74 Å². The van der Waals surface area contributed by atoms with Crippen LogP contribution in [-0.4, -0.2) is 30.8 Å². The van der Waals surface area contributed by atoms with Gasteiger partial charge in [-0.15, -0.1) is 0 Å². The van der Waals surface area contributed by atoms with Crippen LogP contribution in [0.2, 0.25) is 0 Å². The summed E-state index contributed by atoms with van der Waals surface area (Å²) in [4.78, 5) is 11.5. The Morgan fingerprint density at radius 1 is 1.04 bits per heavy atom. The maximum Gasteiger partial charge on any atom is 0.322 e. The first kappa shape index (κ1) is 21.5. The molecule has 0 aliphatic carbocycles. The van der Waals surface area contributed by atoms with E-state index in [0.717, 1.165) is 32.1 Å². The zero-order chi connectivity index (χ0) is 18.9. The highest BCUT2D eigenvalue weighted by atomic mass is 32.2. The lowest BCUT2D eigenvalue weighted by atomic mass is 10.1. The van der Waals surface area contributed by atoms with E-state index in [1.165, 1.54) is 12.1 Å². The SMILES string of the molecule is CCCCCCC(C(=O)O)S(=O)(=O)c1ccc(OC(CC)CC)cc1. The lowest BCUT2D eigenvalue weighted by molar-refractivity contribution is -0.136. The Morgan fingerprint density at radius 2 is 1.64 bits per heavy atom. The maximum atomic E-state index is 12.7. The van der Waals surface area contributed by atoms with Gasteiger partial charge in [0.2, 0.25) is 0 Å². The van der Waals surface area contributed by atoms with Gasteiger partial charge in [-0.25, -0.2) is 8.42 Å². The number of carboxylic acids is 1. The number of sulfone groups is 1. The summed E-state index contributed by atoms with van der Waals surface area (Å²) in [5.74, 6) is -0.684. The fourth-order valence-corrected chi connectivity index (χ4v) is 4.27. The van der Waals surface area contributed by atoms with E-state index < -0.39 is 21.1 Å². The van der Waals surface area contributed by atoms with E-state index >= 15 is 0 Å². The molecule has 0 radical (unpaired) electrons. The fourth-order valence-electron chi connectivity index (χ4n) is 2.69. The van der Waals surface area contributed by atoms with Crippen molar-refractivity contribution in [2.24, 2.45) is 0 Å². The molecule has 1 N–H and O–H groups in total. The van der Waals surface area contributed by atoms with Gasteiger partial charge in [0.1, 0.15) is 5.75 Å². The summed E-state index contributed by atoms with van der Waals surface area (Å²) in [5.41, 5.74) is 0. The molecular formula is C19H30O5S. The molecule has 0 spiro atoms. The Hall–Kier alpha value is -1.56. The second kappa shape index (κ2) is 10.4. The van der Waals surface area contributed by atoms with Crippen molar-refractivity contribution in [1.82, 2.24) is 0 Å². The fraction of sp³-hybridized carbons (Fsp3) is 0.632. The van der Waals surface area contributed by atoms with Crippen molar-refractivity contribution in [3.63, 3.8) is 0 Å². The molecule has 0 saturated heterocycles. The Kier molecular flexibility index (Phi) is 8.97. The van der Waals surface area contributed by atoms with E-state index in [2.05, 4.69) is 6.92 Å². The monoisotopic (exact) mass is 370 g/mol. The number of benzene rings is 1. The predicted octanol–water partition coefficient (Wildman–Crippen LogP) is 4.45. The highest BCUT2D eigenvalue weighted by Crippen LogP contribution is 2.24. The van der Waals surface area contributed by atoms with Crippen LogP contribution in [0.5, 0.6) is 5.75 Å². The molecule has 0 saturated carbocycles. The zero-order valence-corrected chi connectivity index (χ0v) is 16.2. The van der Waals surface area contributed by atoms with E-state index in [0.29, 0.717) is 12.2 Å². The number of unbranched alkanes of at least 4 members (excludes halogenated alkanes) is 3. The zero-order valence-electron chi connectivity index (χ0n) is 15.4. The molecule has 1 unspecified atom stereocenters. The number of carboxylic acid groups (broad SMARTS) is 1. The molecule has 0 fully saturated rings. The third-order valence-electron chi connectivity index (χ3n) is 4.34. The quantitative estimate of drug-likeness (QED) is 0.550. The van der Waals surface area contributed by atoms with Crippen molar-refractivity contribution in [2.75, 3.05) is 0 Å². The van der Waals surface area contributed by atoms with Crippen LogP contribution in [0.25, 0.3) is 0 Å². The van der Waals surface area contributed by atoms with E-state index in [4.69, 9.17) is 4.74 Å². The number of hydrogen-bond donors (Lipinski definition) is 1. The molecule has 0 aliphatic rings. The van der Waals surface area contributed by atoms with Gasteiger partial charge in [0.25, 0.3) is 0 Å². The number of rotatable bonds is 12. The van der Waals surface area contributed by atoms with Gasteiger partial charge < -0.3 is 9.84 Å². The van der Waals surface area contributed by atoms with Crippen molar-refractivity contribution < 1.29 is 23.1 Å². The van der Waals surface area contributed by atoms with Crippen LogP contribution in [-0.2, 0) is 14.6 Å². The molecule has 0 bridgehead atoms. The number of aliphatic carboxylic acids is 1. The van der Waals surface area contributed by atoms with E-state index in [-0.39, 0.29) is 17.4 Å². The first-order chi connectivity index (χ1) is 11.9. The Morgan fingerprint density at radius 3 is 2.12 bits per heavy atom. The number of hydrogen-bond acceptors (Lipinski definition) is 4. The Bertz CT molecular complexity index is 618. The topological polar surface area (TPSA) is 80.7 Å². The maximum absolute atomic E-state index is 12.7. The highest BCUT2D eigenvalue weighted by Gasteiger charge is 2.33. The van der Waals surface area contributed by atoms with Gasteiger partial charge in [0.15, 0.2) is 15.1 Å². The predicted molar refractivity (Wildman–Crippen MR) is 98.8 cm³/mol. The van der Waals surface area contributed by atoms with Crippen LogP contribution in [0.4, 0.5) is 0 Å². The Labute approximate surface area is 151 Å². The molecule has 0 aromatic heterocycles. The molecule has 0 aliphatic heterocycles. The molecule has 1 rings (SSSR count). The van der Waals surface area contributed by atoms with Gasteiger partial charge >= 0.3 is 5.97 Å². The van der Waals surface area contributed by atoms with Crippen molar-refractivity contribution in [3.05, 3.63) is 24.3 Å². The molecule has 1 atom stereocenters. The van der Waals surface area contributed by atoms with Gasteiger partial charge in [-0.3, -0.25) is 4.79 Å². The van der Waals surface area contributed by atoms with Crippen molar-refractivity contribution >= 4 is 15.8 Å². The highest BCUT2D eigenvalue weighted by molar-refractivity contribution is 7.92. The molecule has 0 amide bonds. The van der Waals surface area contributed by atoms with Crippen LogP contribution in [0, 0.1) is 0 Å². The minimum Gasteiger partial charge on any atom is -0.490 e. The smallest absolute Gasteiger partial charge is 0.322 e. The summed E-state index contributed by atoms with van der Waals surface area (Å²) < 4.78 is 31.1. The standard InChI is InChI=1S/C19H30O5S/c1-4-7-8-9-10-18(19(20)21)25(22,23)17-13-11-16(12-14-17)24-15(5-2)6-3/h11-15,18H,4-10H2,1-3H3,(H,20,21). The van der Waals surface area contributed by atoms with E-state index in [1.807, 2.05) is 13.8 Å². The largest absolute Gasteiger partial charge is 0.490 e. The third-order valence-corrected chi connectivity index (χ3v) is 6.45. The summed E-state index contributed by atoms with van der Waals surface area (Å²) in [7, 11) is -3.90. The van der Waals surface area contributed by atoms with Crippen molar-refractivity contribution in [2.45, 2.75) is 82.0 Å². The second-order valence-corrected chi connectivity index (χ2v) is 8.38. The first-order valence-electron chi connectivity index (χ1n) is 9.10. The van der Waals surface area contributed by atoms with Crippen LogP contribution in [0.1, 0.15) is 65.7 Å². The molecule has 6 heteroatoms. The van der Waals surface area contributed by atoms with Gasteiger partial charge in [0.05, 0.1) is 11.0 Å². The lowest BCUT2D eigenvalue weighted by Crippen LogP contribution is -2.30. The minimum absolute atomic E-state index is 0.0345. The summed E-state index contributed by atoms with van der Waals surface area (Å²) in [6, 6.07) is 6.08. The molecule has 5 nitrogen and oxygen atoms in total. The van der Waals surface area contributed by atoms with E-state index in [9.17, 15) is 18.3 Å². The number of carbonyl (C=O) groups is 1. The van der Waals surface area contributed by atoms with Crippen LogP contribution >= 0.6 is 0 Å². The molecular weight excluding hydrogens is 340 g/mol. The summed E-state index contributed by atoms with van der Waals surface area (Å²) in [6.45, 7) is 6.11.